The minimum absolute atomic E-state index is 0.0788. The van der Waals surface area contributed by atoms with E-state index in [1.165, 1.54) is 28.2 Å². The molecule has 2 N–H and O–H groups in total. The molecule has 2 aromatic rings. The molecule has 0 amide bonds. The molecule has 0 radical (unpaired) electrons. The van der Waals surface area contributed by atoms with Crippen molar-refractivity contribution in [3.63, 3.8) is 0 Å². The summed E-state index contributed by atoms with van der Waals surface area (Å²) in [5, 5.41) is 2.36. The summed E-state index contributed by atoms with van der Waals surface area (Å²) in [6.45, 7) is 0.487. The number of hydrogen-bond acceptors (Lipinski definition) is 6. The fourth-order valence-corrected chi connectivity index (χ4v) is 4.67. The van der Waals surface area contributed by atoms with Crippen LogP contribution in [-0.2, 0) is 17.1 Å². The van der Waals surface area contributed by atoms with Crippen LogP contribution in [0.25, 0.3) is 0 Å². The van der Waals surface area contributed by atoms with E-state index in [-0.39, 0.29) is 11.1 Å². The van der Waals surface area contributed by atoms with E-state index in [9.17, 15) is 8.42 Å². The topological polar surface area (TPSA) is 94.1 Å². The minimum atomic E-state index is -3.58. The Labute approximate surface area is 121 Å². The molecule has 9 heteroatoms. The van der Waals surface area contributed by atoms with Crippen LogP contribution in [0.15, 0.2) is 22.9 Å². The SMILES string of the molecule is Cn1cnc(S(=O)(=O)N2CCC[C@@H]2c2csc(N)n2)c1. The molecular formula is C11H15N5O2S2. The average molecular weight is 313 g/mol. The van der Waals surface area contributed by atoms with Crippen molar-refractivity contribution in [2.75, 3.05) is 12.3 Å². The number of rotatable bonds is 3. The van der Waals surface area contributed by atoms with Gasteiger partial charge in [-0.25, -0.2) is 18.4 Å². The number of nitrogen functional groups attached to an aromatic ring is 1. The number of thiazole rings is 1. The molecule has 3 heterocycles. The van der Waals surface area contributed by atoms with Gasteiger partial charge in [-0.15, -0.1) is 11.3 Å². The highest BCUT2D eigenvalue weighted by atomic mass is 32.2. The third kappa shape index (κ3) is 2.21. The van der Waals surface area contributed by atoms with Crippen LogP contribution in [0.2, 0.25) is 0 Å². The number of nitrogens with two attached hydrogens (primary N) is 1. The predicted molar refractivity (Wildman–Crippen MR) is 75.6 cm³/mol. The summed E-state index contributed by atoms with van der Waals surface area (Å²) in [5.74, 6) is 0. The van der Waals surface area contributed by atoms with E-state index in [1.54, 1.807) is 11.6 Å². The highest BCUT2D eigenvalue weighted by molar-refractivity contribution is 7.89. The van der Waals surface area contributed by atoms with Crippen molar-refractivity contribution in [2.24, 2.45) is 7.05 Å². The van der Waals surface area contributed by atoms with Gasteiger partial charge in [0, 0.05) is 25.2 Å². The first-order valence-electron chi connectivity index (χ1n) is 6.19. The molecule has 1 atom stereocenters. The summed E-state index contributed by atoms with van der Waals surface area (Å²) in [4.78, 5) is 8.18. The maximum absolute atomic E-state index is 12.6. The quantitative estimate of drug-likeness (QED) is 0.911. The van der Waals surface area contributed by atoms with Crippen molar-refractivity contribution >= 4 is 26.5 Å². The van der Waals surface area contributed by atoms with Crippen molar-refractivity contribution in [1.82, 2.24) is 18.8 Å². The molecule has 0 bridgehead atoms. The number of imidazole rings is 1. The minimum Gasteiger partial charge on any atom is -0.375 e. The summed E-state index contributed by atoms with van der Waals surface area (Å²) in [6.07, 6.45) is 4.57. The number of sulfonamides is 1. The Morgan fingerprint density at radius 3 is 2.90 bits per heavy atom. The fraction of sp³-hybridized carbons (Fsp3) is 0.455. The third-order valence-corrected chi connectivity index (χ3v) is 5.83. The molecule has 2 aromatic heterocycles. The Bertz CT molecular complexity index is 721. The van der Waals surface area contributed by atoms with E-state index >= 15 is 0 Å². The van der Waals surface area contributed by atoms with Gasteiger partial charge in [-0.1, -0.05) is 0 Å². The molecule has 7 nitrogen and oxygen atoms in total. The largest absolute Gasteiger partial charge is 0.375 e. The number of aryl methyl sites for hydroxylation is 1. The van der Waals surface area contributed by atoms with Crippen molar-refractivity contribution < 1.29 is 8.42 Å². The van der Waals surface area contributed by atoms with Crippen LogP contribution >= 0.6 is 11.3 Å². The summed E-state index contributed by atoms with van der Waals surface area (Å²) >= 11 is 1.33. The molecule has 1 aliphatic heterocycles. The highest BCUT2D eigenvalue weighted by Gasteiger charge is 2.38. The van der Waals surface area contributed by atoms with E-state index in [4.69, 9.17) is 5.73 Å². The van der Waals surface area contributed by atoms with Crippen molar-refractivity contribution in [2.45, 2.75) is 23.9 Å². The molecule has 1 saturated heterocycles. The van der Waals surface area contributed by atoms with Crippen LogP contribution in [0.3, 0.4) is 0 Å². The first-order chi connectivity index (χ1) is 9.48. The van der Waals surface area contributed by atoms with Crippen LogP contribution in [0.1, 0.15) is 24.6 Å². The normalized spacial score (nSPS) is 20.6. The Hall–Kier alpha value is -1.45. The van der Waals surface area contributed by atoms with Crippen LogP contribution < -0.4 is 5.73 Å². The van der Waals surface area contributed by atoms with Gasteiger partial charge in [-0.2, -0.15) is 4.31 Å². The average Bonchev–Trinajstić information content (AvgIpc) is 3.07. The zero-order chi connectivity index (χ0) is 14.3. The molecule has 0 unspecified atom stereocenters. The van der Waals surface area contributed by atoms with E-state index in [0.29, 0.717) is 11.7 Å². The molecule has 0 aromatic carbocycles. The summed E-state index contributed by atoms with van der Waals surface area (Å²) in [6, 6.07) is -0.240. The predicted octanol–water partition coefficient (Wildman–Crippen LogP) is 0.985. The van der Waals surface area contributed by atoms with Crippen molar-refractivity contribution in [1.29, 1.82) is 0 Å². The summed E-state index contributed by atoms with van der Waals surface area (Å²) < 4.78 is 28.4. The van der Waals surface area contributed by atoms with E-state index in [1.807, 2.05) is 5.38 Å². The standard InChI is InChI=1S/C11H15N5O2S2/c1-15-5-10(13-7-15)20(17,18)16-4-2-3-9(16)8-6-19-11(12)14-8/h5-7,9H,2-4H2,1H3,(H2,12,14)/t9-/m1/s1. The van der Waals surface area contributed by atoms with Gasteiger partial charge in [0.15, 0.2) is 10.2 Å². The third-order valence-electron chi connectivity index (χ3n) is 3.34. The molecule has 108 valence electrons. The van der Waals surface area contributed by atoms with E-state index in [2.05, 4.69) is 9.97 Å². The Balaban J connectivity index is 1.96. The first kappa shape index (κ1) is 13.5. The van der Waals surface area contributed by atoms with Crippen molar-refractivity contribution in [3.05, 3.63) is 23.6 Å². The number of nitrogens with zero attached hydrogens (tertiary/aromatic N) is 4. The lowest BCUT2D eigenvalue weighted by Gasteiger charge is -2.21. The zero-order valence-electron chi connectivity index (χ0n) is 10.9. The molecule has 1 fully saturated rings. The Morgan fingerprint density at radius 2 is 2.30 bits per heavy atom. The van der Waals surface area contributed by atoms with Gasteiger partial charge >= 0.3 is 0 Å². The van der Waals surface area contributed by atoms with Crippen molar-refractivity contribution in [3.8, 4) is 0 Å². The molecular weight excluding hydrogens is 298 g/mol. The molecule has 1 aliphatic rings. The van der Waals surface area contributed by atoms with Gasteiger partial charge in [0.25, 0.3) is 10.0 Å². The second-order valence-electron chi connectivity index (χ2n) is 4.76. The molecule has 0 saturated carbocycles. The maximum atomic E-state index is 12.6. The van der Waals surface area contributed by atoms with Gasteiger partial charge in [0.2, 0.25) is 0 Å². The van der Waals surface area contributed by atoms with Gasteiger partial charge in [0.1, 0.15) is 0 Å². The number of aromatic nitrogens is 3. The maximum Gasteiger partial charge on any atom is 0.262 e. The van der Waals surface area contributed by atoms with Gasteiger partial charge < -0.3 is 10.3 Å². The lowest BCUT2D eigenvalue weighted by atomic mass is 10.2. The second-order valence-corrected chi connectivity index (χ2v) is 7.49. The van der Waals surface area contributed by atoms with Gasteiger partial charge in [0.05, 0.1) is 18.1 Å². The van der Waals surface area contributed by atoms with Crippen LogP contribution in [0, 0.1) is 0 Å². The van der Waals surface area contributed by atoms with Crippen LogP contribution in [0.5, 0.6) is 0 Å². The van der Waals surface area contributed by atoms with Crippen LogP contribution in [0.4, 0.5) is 5.13 Å². The summed E-state index contributed by atoms with van der Waals surface area (Å²) in [5.41, 5.74) is 6.37. The smallest absolute Gasteiger partial charge is 0.262 e. The molecule has 3 rings (SSSR count). The number of anilines is 1. The number of hydrogen-bond donors (Lipinski definition) is 1. The van der Waals surface area contributed by atoms with E-state index in [0.717, 1.165) is 18.5 Å². The van der Waals surface area contributed by atoms with E-state index < -0.39 is 10.0 Å². The monoisotopic (exact) mass is 313 g/mol. The zero-order valence-corrected chi connectivity index (χ0v) is 12.6. The van der Waals surface area contributed by atoms with Gasteiger partial charge in [-0.05, 0) is 12.8 Å². The Kier molecular flexibility index (Phi) is 3.27. The lowest BCUT2D eigenvalue weighted by molar-refractivity contribution is 0.390. The van der Waals surface area contributed by atoms with Crippen LogP contribution in [-0.4, -0.2) is 33.8 Å². The Morgan fingerprint density at radius 1 is 1.50 bits per heavy atom. The second kappa shape index (κ2) is 4.83. The van der Waals surface area contributed by atoms with Gasteiger partial charge in [-0.3, -0.25) is 0 Å². The molecule has 0 aliphatic carbocycles. The fourth-order valence-electron chi connectivity index (χ4n) is 2.42. The summed E-state index contributed by atoms with van der Waals surface area (Å²) in [7, 11) is -1.84. The molecule has 20 heavy (non-hydrogen) atoms. The molecule has 0 spiro atoms. The highest BCUT2D eigenvalue weighted by Crippen LogP contribution is 2.36. The lowest BCUT2D eigenvalue weighted by Crippen LogP contribution is -2.31. The first-order valence-corrected chi connectivity index (χ1v) is 8.51.